The van der Waals surface area contributed by atoms with Crippen LogP contribution >= 0.6 is 23.2 Å². The van der Waals surface area contributed by atoms with E-state index in [4.69, 9.17) is 27.9 Å². The lowest BCUT2D eigenvalue weighted by atomic mass is 10.1. The van der Waals surface area contributed by atoms with Gasteiger partial charge in [0.05, 0.1) is 19.0 Å². The van der Waals surface area contributed by atoms with Gasteiger partial charge in [0.15, 0.2) is 0 Å². The van der Waals surface area contributed by atoms with Crippen LogP contribution in [0.3, 0.4) is 0 Å². The molecule has 1 heterocycles. The van der Waals surface area contributed by atoms with Crippen LogP contribution in [-0.4, -0.2) is 15.7 Å². The van der Waals surface area contributed by atoms with Crippen LogP contribution in [0.15, 0.2) is 36.9 Å². The highest BCUT2D eigenvalue weighted by Crippen LogP contribution is 2.23. The highest BCUT2D eigenvalue weighted by Gasteiger charge is 2.11. The predicted molar refractivity (Wildman–Crippen MR) is 91.4 cm³/mol. The zero-order chi connectivity index (χ0) is 15.8. The summed E-state index contributed by atoms with van der Waals surface area (Å²) in [6.45, 7) is 3.64. The van der Waals surface area contributed by atoms with Crippen molar-refractivity contribution in [3.05, 3.63) is 52.5 Å². The first-order chi connectivity index (χ1) is 10.7. The van der Waals surface area contributed by atoms with Crippen molar-refractivity contribution in [2.75, 3.05) is 0 Å². The number of aryl methyl sites for hydroxylation is 1. The number of halogens is 2. The van der Waals surface area contributed by atoms with Gasteiger partial charge in [0.2, 0.25) is 0 Å². The molecule has 2 aromatic rings. The lowest BCUT2D eigenvalue weighted by Crippen LogP contribution is -2.16. The Balaban J connectivity index is 1.87. The number of ether oxygens (including phenoxy) is 1. The van der Waals surface area contributed by atoms with Crippen LogP contribution in [-0.2, 0) is 17.9 Å². The van der Waals surface area contributed by atoms with Gasteiger partial charge in [-0.15, -0.1) is 0 Å². The number of unbranched alkanes of at least 4 members (excludes halogenated alkanes) is 1. The molecule has 0 aliphatic heterocycles. The van der Waals surface area contributed by atoms with Crippen molar-refractivity contribution in [1.82, 2.24) is 9.55 Å². The van der Waals surface area contributed by atoms with E-state index >= 15 is 0 Å². The molecule has 0 N–H and O–H groups in total. The first-order valence-corrected chi connectivity index (χ1v) is 8.46. The standard InChI is InChI=1S/C17H22Cl2N2O/c1-2-3-4-16(7-9-21-10-8-20-13-21)22-12-14-5-6-15(18)11-17(14)19/h5-6,8,10-11,13,16H,2-4,7,9,12H2,1H3. The van der Waals surface area contributed by atoms with Crippen LogP contribution in [0.5, 0.6) is 0 Å². The van der Waals surface area contributed by atoms with Gasteiger partial charge in [0, 0.05) is 29.0 Å². The maximum Gasteiger partial charge on any atom is 0.0945 e. The van der Waals surface area contributed by atoms with Crippen molar-refractivity contribution < 1.29 is 4.74 Å². The Hall–Kier alpha value is -1.03. The molecule has 1 atom stereocenters. The summed E-state index contributed by atoms with van der Waals surface area (Å²) in [5.74, 6) is 0. The quantitative estimate of drug-likeness (QED) is 0.614. The highest BCUT2D eigenvalue weighted by molar-refractivity contribution is 6.35. The summed E-state index contributed by atoms with van der Waals surface area (Å²) in [7, 11) is 0. The van der Waals surface area contributed by atoms with Gasteiger partial charge in [-0.2, -0.15) is 0 Å². The number of nitrogens with zero attached hydrogens (tertiary/aromatic N) is 2. The van der Waals surface area contributed by atoms with Crippen molar-refractivity contribution in [2.45, 2.75) is 51.9 Å². The SMILES string of the molecule is CCCCC(CCn1ccnc1)OCc1ccc(Cl)cc1Cl. The minimum Gasteiger partial charge on any atom is -0.373 e. The van der Waals surface area contributed by atoms with E-state index in [1.807, 2.05) is 24.7 Å². The summed E-state index contributed by atoms with van der Waals surface area (Å²) in [5, 5.41) is 1.31. The van der Waals surface area contributed by atoms with Crippen LogP contribution in [0.1, 0.15) is 38.2 Å². The first kappa shape index (κ1) is 17.3. The fraction of sp³-hybridized carbons (Fsp3) is 0.471. The van der Waals surface area contributed by atoms with Crippen molar-refractivity contribution in [1.29, 1.82) is 0 Å². The number of aromatic nitrogens is 2. The molecule has 0 aliphatic rings. The molecular formula is C17H22Cl2N2O. The monoisotopic (exact) mass is 340 g/mol. The van der Waals surface area contributed by atoms with Crippen molar-refractivity contribution in [2.24, 2.45) is 0 Å². The summed E-state index contributed by atoms with van der Waals surface area (Å²) in [5.41, 5.74) is 0.982. The zero-order valence-electron chi connectivity index (χ0n) is 12.8. The summed E-state index contributed by atoms with van der Waals surface area (Å²) in [4.78, 5) is 4.07. The van der Waals surface area contributed by atoms with E-state index in [-0.39, 0.29) is 6.10 Å². The molecule has 1 unspecified atom stereocenters. The van der Waals surface area contributed by atoms with Gasteiger partial charge < -0.3 is 9.30 Å². The summed E-state index contributed by atoms with van der Waals surface area (Å²) in [6.07, 6.45) is 10.2. The van der Waals surface area contributed by atoms with Crippen LogP contribution < -0.4 is 0 Å². The third-order valence-corrected chi connectivity index (χ3v) is 4.22. The molecule has 0 amide bonds. The molecule has 0 saturated carbocycles. The van der Waals surface area contributed by atoms with Gasteiger partial charge >= 0.3 is 0 Å². The third-order valence-electron chi connectivity index (χ3n) is 3.64. The molecule has 3 nitrogen and oxygen atoms in total. The lowest BCUT2D eigenvalue weighted by Gasteiger charge is -2.18. The van der Waals surface area contributed by atoms with E-state index in [1.54, 1.807) is 12.3 Å². The average Bonchev–Trinajstić information content (AvgIpc) is 3.01. The topological polar surface area (TPSA) is 27.1 Å². The molecule has 1 aromatic heterocycles. The second-order valence-corrected chi connectivity index (χ2v) is 6.24. The van der Waals surface area contributed by atoms with E-state index in [2.05, 4.69) is 16.5 Å². The summed E-state index contributed by atoms with van der Waals surface area (Å²) in [6, 6.07) is 5.53. The van der Waals surface area contributed by atoms with Crippen LogP contribution in [0, 0.1) is 0 Å². The molecule has 0 aliphatic carbocycles. The average molecular weight is 341 g/mol. The molecule has 5 heteroatoms. The maximum atomic E-state index is 6.20. The van der Waals surface area contributed by atoms with Crippen molar-refractivity contribution in [3.63, 3.8) is 0 Å². The van der Waals surface area contributed by atoms with Gasteiger partial charge in [-0.05, 0) is 30.5 Å². The smallest absolute Gasteiger partial charge is 0.0945 e. The molecule has 0 fully saturated rings. The zero-order valence-corrected chi connectivity index (χ0v) is 14.4. The molecule has 1 aromatic carbocycles. The van der Waals surface area contributed by atoms with Crippen molar-refractivity contribution in [3.8, 4) is 0 Å². The largest absolute Gasteiger partial charge is 0.373 e. The molecule has 0 saturated heterocycles. The Labute approximate surface area is 142 Å². The first-order valence-electron chi connectivity index (χ1n) is 7.70. The Morgan fingerprint density at radius 3 is 2.82 bits per heavy atom. The van der Waals surface area contributed by atoms with Gasteiger partial charge in [-0.3, -0.25) is 0 Å². The van der Waals surface area contributed by atoms with Crippen molar-refractivity contribution >= 4 is 23.2 Å². The molecule has 120 valence electrons. The Bertz CT molecular complexity index is 558. The fourth-order valence-electron chi connectivity index (χ4n) is 2.30. The molecule has 0 spiro atoms. The minimum absolute atomic E-state index is 0.231. The number of hydrogen-bond acceptors (Lipinski definition) is 2. The summed E-state index contributed by atoms with van der Waals surface area (Å²) < 4.78 is 8.17. The molecular weight excluding hydrogens is 319 g/mol. The Kier molecular flexibility index (Phi) is 7.23. The van der Waals surface area contributed by atoms with Crippen LogP contribution in [0.2, 0.25) is 10.0 Å². The summed E-state index contributed by atoms with van der Waals surface area (Å²) >= 11 is 12.1. The lowest BCUT2D eigenvalue weighted by molar-refractivity contribution is 0.0254. The fourth-order valence-corrected chi connectivity index (χ4v) is 2.76. The minimum atomic E-state index is 0.231. The Morgan fingerprint density at radius 2 is 2.14 bits per heavy atom. The van der Waals surface area contributed by atoms with E-state index < -0.39 is 0 Å². The predicted octanol–water partition coefficient (Wildman–Crippen LogP) is 5.36. The van der Waals surface area contributed by atoms with Gasteiger partial charge in [-0.25, -0.2) is 4.98 Å². The number of imidazole rings is 1. The van der Waals surface area contributed by atoms with Crippen LogP contribution in [0.25, 0.3) is 0 Å². The molecule has 22 heavy (non-hydrogen) atoms. The van der Waals surface area contributed by atoms with E-state index in [9.17, 15) is 0 Å². The molecule has 0 bridgehead atoms. The second-order valence-electron chi connectivity index (χ2n) is 5.40. The number of rotatable bonds is 9. The van der Waals surface area contributed by atoms with Gasteiger partial charge in [0.25, 0.3) is 0 Å². The van der Waals surface area contributed by atoms with E-state index in [0.717, 1.165) is 24.9 Å². The normalized spacial score (nSPS) is 12.5. The van der Waals surface area contributed by atoms with Crippen LogP contribution in [0.4, 0.5) is 0 Å². The second kappa shape index (κ2) is 9.19. The molecule has 0 radical (unpaired) electrons. The third kappa shape index (κ3) is 5.64. The number of hydrogen-bond donors (Lipinski definition) is 0. The van der Waals surface area contributed by atoms with Gasteiger partial charge in [-0.1, -0.05) is 49.0 Å². The highest BCUT2D eigenvalue weighted by atomic mass is 35.5. The number of benzene rings is 1. The van der Waals surface area contributed by atoms with E-state index in [1.165, 1.54) is 12.8 Å². The van der Waals surface area contributed by atoms with E-state index in [0.29, 0.717) is 16.7 Å². The Morgan fingerprint density at radius 1 is 1.27 bits per heavy atom. The molecule has 2 rings (SSSR count). The maximum absolute atomic E-state index is 6.20. The van der Waals surface area contributed by atoms with Gasteiger partial charge in [0.1, 0.15) is 0 Å².